The Kier molecular flexibility index (Phi) is 8.96. The molecule has 2 unspecified atom stereocenters. The van der Waals surface area contributed by atoms with Crippen molar-refractivity contribution < 1.29 is 18.0 Å². The van der Waals surface area contributed by atoms with Crippen LogP contribution in [0.4, 0.5) is 5.69 Å². The molecule has 0 spiro atoms. The molecule has 2 amide bonds. The molecule has 0 saturated heterocycles. The zero-order valence-corrected chi connectivity index (χ0v) is 26.8. The van der Waals surface area contributed by atoms with E-state index < -0.39 is 28.5 Å². The first kappa shape index (κ1) is 30.9. The number of anilines is 1. The topological polar surface area (TPSA) is 86.8 Å². The minimum absolute atomic E-state index is 0.0527. The highest BCUT2D eigenvalue weighted by Gasteiger charge is 2.51. The van der Waals surface area contributed by atoms with Crippen LogP contribution in [0.2, 0.25) is 5.02 Å². The second kappa shape index (κ2) is 12.2. The predicted octanol–water partition coefficient (Wildman–Crippen LogP) is 5.91. The van der Waals surface area contributed by atoms with Gasteiger partial charge < -0.3 is 10.2 Å². The maximum absolute atomic E-state index is 13.9. The Bertz CT molecular complexity index is 1380. The molecule has 4 aliphatic carbocycles. The minimum atomic E-state index is -3.79. The molecule has 42 heavy (non-hydrogen) atoms. The van der Waals surface area contributed by atoms with Gasteiger partial charge in [-0.1, -0.05) is 42.8 Å². The van der Waals surface area contributed by atoms with Crippen molar-refractivity contribution in [3.8, 4) is 0 Å². The highest BCUT2D eigenvalue weighted by atomic mass is 35.5. The van der Waals surface area contributed by atoms with Crippen molar-refractivity contribution in [3.63, 3.8) is 0 Å². The van der Waals surface area contributed by atoms with E-state index in [-0.39, 0.29) is 23.9 Å². The number of nitrogens with zero attached hydrogens (tertiary/aromatic N) is 2. The van der Waals surface area contributed by atoms with Gasteiger partial charge in [0.1, 0.15) is 12.6 Å². The van der Waals surface area contributed by atoms with Gasteiger partial charge in [-0.05, 0) is 117 Å². The van der Waals surface area contributed by atoms with Crippen LogP contribution in [0.5, 0.6) is 0 Å². The summed E-state index contributed by atoms with van der Waals surface area (Å²) in [5, 5.41) is 3.47. The van der Waals surface area contributed by atoms with Crippen molar-refractivity contribution >= 4 is 39.1 Å². The van der Waals surface area contributed by atoms with E-state index in [0.717, 1.165) is 40.3 Å². The van der Waals surface area contributed by atoms with Crippen LogP contribution in [0.1, 0.15) is 76.8 Å². The van der Waals surface area contributed by atoms with E-state index >= 15 is 0 Å². The number of nitrogens with one attached hydrogen (secondary N) is 1. The number of hydrogen-bond donors (Lipinski definition) is 1. The van der Waals surface area contributed by atoms with Gasteiger partial charge in [0.15, 0.2) is 0 Å². The van der Waals surface area contributed by atoms with Crippen molar-refractivity contribution in [1.29, 1.82) is 0 Å². The fraction of sp³-hybridized carbons (Fsp3) is 0.576. The molecular formula is C33H44ClN3O4S. The lowest BCUT2D eigenvalue weighted by Crippen LogP contribution is -2.52. The zero-order chi connectivity index (χ0) is 30.2. The number of rotatable bonds is 11. The van der Waals surface area contributed by atoms with E-state index in [2.05, 4.69) is 17.4 Å². The highest BCUT2D eigenvalue weighted by Crippen LogP contribution is 2.60. The van der Waals surface area contributed by atoms with Gasteiger partial charge in [0, 0.05) is 17.6 Å². The van der Waals surface area contributed by atoms with E-state index in [1.807, 2.05) is 32.0 Å². The average Bonchev–Trinajstić information content (AvgIpc) is 2.93. The van der Waals surface area contributed by atoms with Crippen LogP contribution < -0.4 is 9.62 Å². The molecule has 1 N–H and O–H groups in total. The van der Waals surface area contributed by atoms with Gasteiger partial charge in [-0.25, -0.2) is 8.42 Å². The molecule has 0 aromatic heterocycles. The van der Waals surface area contributed by atoms with E-state index in [0.29, 0.717) is 10.7 Å². The molecule has 228 valence electrons. The van der Waals surface area contributed by atoms with Crippen LogP contribution in [0.15, 0.2) is 48.5 Å². The summed E-state index contributed by atoms with van der Waals surface area (Å²) >= 11 is 6.20. The molecule has 4 saturated carbocycles. The quantitative estimate of drug-likeness (QED) is 0.342. The molecule has 2 aromatic carbocycles. The van der Waals surface area contributed by atoms with E-state index in [9.17, 15) is 18.0 Å². The van der Waals surface area contributed by atoms with Crippen LogP contribution in [-0.4, -0.2) is 50.0 Å². The van der Waals surface area contributed by atoms with Crippen LogP contribution in [0.3, 0.4) is 0 Å². The first-order chi connectivity index (χ1) is 19.9. The molecule has 0 aliphatic heterocycles. The monoisotopic (exact) mass is 613 g/mol. The SMILES string of the molecule is CCC(C)NC(=O)C(C)N(Cc1cccc(Cl)c1)C(=O)CN(c1ccc(C23CC4CC(CC(C4)C2)C3)cc1)S(C)(=O)=O. The van der Waals surface area contributed by atoms with Crippen molar-refractivity contribution in [2.45, 2.75) is 89.8 Å². The standard InChI is InChI=1S/C33H44ClN3O4S/c1-5-22(2)35-32(39)23(3)36(20-24-7-6-8-29(34)16-24)31(38)21-37(42(4,40)41)30-11-9-28(10-12-30)33-17-25-13-26(18-33)15-27(14-25)19-33/h6-12,16,22-23,25-27H,5,13-15,17-21H2,1-4H3,(H,35,39). The van der Waals surface area contributed by atoms with Crippen LogP contribution >= 0.6 is 11.6 Å². The van der Waals surface area contributed by atoms with Gasteiger partial charge in [-0.3, -0.25) is 13.9 Å². The first-order valence-electron chi connectivity index (χ1n) is 15.3. The van der Waals surface area contributed by atoms with Crippen LogP contribution in [0.25, 0.3) is 0 Å². The Morgan fingerprint density at radius 1 is 1.00 bits per heavy atom. The summed E-state index contributed by atoms with van der Waals surface area (Å²) in [4.78, 5) is 28.4. The third-order valence-corrected chi connectivity index (χ3v) is 11.3. The molecule has 0 heterocycles. The normalized spacial score (nSPS) is 26.0. The number of halogens is 1. The molecule has 2 atom stereocenters. The Balaban J connectivity index is 1.38. The number of amides is 2. The van der Waals surface area contributed by atoms with E-state index in [4.69, 9.17) is 11.6 Å². The number of carbonyl (C=O) groups excluding carboxylic acids is 2. The molecule has 7 nitrogen and oxygen atoms in total. The molecule has 0 radical (unpaired) electrons. The molecule has 4 fully saturated rings. The third-order valence-electron chi connectivity index (χ3n) is 9.90. The Morgan fingerprint density at radius 2 is 1.60 bits per heavy atom. The number of carbonyl (C=O) groups is 2. The lowest BCUT2D eigenvalue weighted by atomic mass is 9.48. The van der Waals surface area contributed by atoms with Crippen LogP contribution in [-0.2, 0) is 31.6 Å². The molecule has 9 heteroatoms. The Morgan fingerprint density at radius 3 is 2.12 bits per heavy atom. The smallest absolute Gasteiger partial charge is 0.244 e. The molecule has 4 bridgehead atoms. The van der Waals surface area contributed by atoms with Crippen molar-refractivity contribution in [2.75, 3.05) is 17.1 Å². The summed E-state index contributed by atoms with van der Waals surface area (Å²) in [6.45, 7) is 5.27. The first-order valence-corrected chi connectivity index (χ1v) is 17.5. The minimum Gasteiger partial charge on any atom is -0.352 e. The average molecular weight is 614 g/mol. The van der Waals surface area contributed by atoms with Gasteiger partial charge in [-0.15, -0.1) is 0 Å². The predicted molar refractivity (Wildman–Crippen MR) is 168 cm³/mol. The van der Waals surface area contributed by atoms with Crippen LogP contribution in [0, 0.1) is 17.8 Å². The summed E-state index contributed by atoms with van der Waals surface area (Å²) in [7, 11) is -3.79. The number of sulfonamides is 1. The van der Waals surface area contributed by atoms with Gasteiger partial charge in [-0.2, -0.15) is 0 Å². The van der Waals surface area contributed by atoms with E-state index in [1.165, 1.54) is 49.0 Å². The van der Waals surface area contributed by atoms with Gasteiger partial charge in [0.25, 0.3) is 0 Å². The molecule has 6 rings (SSSR count). The van der Waals surface area contributed by atoms with Crippen molar-refractivity contribution in [3.05, 3.63) is 64.7 Å². The summed E-state index contributed by atoms with van der Waals surface area (Å²) in [5.74, 6) is 1.69. The van der Waals surface area contributed by atoms with E-state index in [1.54, 1.807) is 25.1 Å². The fourth-order valence-corrected chi connectivity index (χ4v) is 9.00. The Hall–Kier alpha value is -2.58. The molecule has 2 aromatic rings. The number of benzene rings is 2. The van der Waals surface area contributed by atoms with Gasteiger partial charge in [0.05, 0.1) is 11.9 Å². The maximum atomic E-state index is 13.9. The summed E-state index contributed by atoms with van der Waals surface area (Å²) in [6.07, 6.45) is 9.63. The number of hydrogen-bond acceptors (Lipinski definition) is 4. The summed E-state index contributed by atoms with van der Waals surface area (Å²) in [5.41, 5.74) is 2.71. The summed E-state index contributed by atoms with van der Waals surface area (Å²) in [6, 6.07) is 14.1. The largest absolute Gasteiger partial charge is 0.352 e. The van der Waals surface area contributed by atoms with Gasteiger partial charge >= 0.3 is 0 Å². The Labute approximate surface area is 256 Å². The third kappa shape index (κ3) is 6.65. The maximum Gasteiger partial charge on any atom is 0.244 e. The summed E-state index contributed by atoms with van der Waals surface area (Å²) < 4.78 is 27.2. The fourth-order valence-electron chi connectivity index (χ4n) is 7.94. The second-order valence-corrected chi connectivity index (χ2v) is 15.5. The van der Waals surface area contributed by atoms with Crippen molar-refractivity contribution in [1.82, 2.24) is 10.2 Å². The van der Waals surface area contributed by atoms with Crippen molar-refractivity contribution in [2.24, 2.45) is 17.8 Å². The second-order valence-electron chi connectivity index (χ2n) is 13.2. The zero-order valence-electron chi connectivity index (χ0n) is 25.2. The highest BCUT2D eigenvalue weighted by molar-refractivity contribution is 7.92. The lowest BCUT2D eigenvalue weighted by molar-refractivity contribution is -0.139. The molecular weight excluding hydrogens is 570 g/mol. The van der Waals surface area contributed by atoms with Gasteiger partial charge in [0.2, 0.25) is 21.8 Å². The lowest BCUT2D eigenvalue weighted by Gasteiger charge is -2.57. The molecule has 4 aliphatic rings.